The molecule has 1 saturated heterocycles. The fourth-order valence-electron chi connectivity index (χ4n) is 4.08. The smallest absolute Gasteiger partial charge is 0.311 e. The minimum absolute atomic E-state index is 0.0665. The van der Waals surface area contributed by atoms with E-state index in [0.29, 0.717) is 31.7 Å². The summed E-state index contributed by atoms with van der Waals surface area (Å²) in [5.41, 5.74) is 2.94. The molecule has 0 spiro atoms. The lowest BCUT2D eigenvalue weighted by molar-refractivity contribution is 0.0695. The molecule has 0 saturated carbocycles. The van der Waals surface area contributed by atoms with Crippen LogP contribution >= 0.6 is 0 Å². The maximum atomic E-state index is 12.8. The van der Waals surface area contributed by atoms with Crippen LogP contribution < -0.4 is 0 Å². The van der Waals surface area contributed by atoms with Gasteiger partial charge < -0.3 is 9.32 Å². The molecule has 8 nitrogen and oxygen atoms in total. The van der Waals surface area contributed by atoms with Gasteiger partial charge in [0.15, 0.2) is 0 Å². The van der Waals surface area contributed by atoms with Gasteiger partial charge in [-0.3, -0.25) is 4.79 Å². The lowest BCUT2D eigenvalue weighted by Gasteiger charge is -2.27. The molecule has 9 heteroatoms. The SMILES string of the molecule is O=C(c1nnc(-c2ccc(S(=O)(=O)N3CCCC3)cc2)o1)N1CCc2ccccc2C1. The highest BCUT2D eigenvalue weighted by atomic mass is 32.2. The van der Waals surface area contributed by atoms with E-state index in [2.05, 4.69) is 16.3 Å². The van der Waals surface area contributed by atoms with Crippen molar-refractivity contribution in [1.29, 1.82) is 0 Å². The molecule has 160 valence electrons. The van der Waals surface area contributed by atoms with Crippen LogP contribution in [0.1, 0.15) is 34.7 Å². The van der Waals surface area contributed by atoms with Crippen molar-refractivity contribution in [3.63, 3.8) is 0 Å². The zero-order valence-corrected chi connectivity index (χ0v) is 17.7. The highest BCUT2D eigenvalue weighted by Gasteiger charge is 2.28. The Morgan fingerprint density at radius 1 is 0.903 bits per heavy atom. The molecule has 0 bridgehead atoms. The van der Waals surface area contributed by atoms with Crippen molar-refractivity contribution in [1.82, 2.24) is 19.4 Å². The highest BCUT2D eigenvalue weighted by Crippen LogP contribution is 2.25. The van der Waals surface area contributed by atoms with Gasteiger partial charge in [-0.25, -0.2) is 8.42 Å². The molecule has 1 aromatic heterocycles. The molecule has 1 fully saturated rings. The fraction of sp³-hybridized carbons (Fsp3) is 0.318. The van der Waals surface area contributed by atoms with E-state index in [9.17, 15) is 13.2 Å². The molecule has 0 unspecified atom stereocenters. The monoisotopic (exact) mass is 438 g/mol. The first-order valence-corrected chi connectivity index (χ1v) is 11.8. The van der Waals surface area contributed by atoms with Crippen LogP contribution in [0.2, 0.25) is 0 Å². The first-order valence-electron chi connectivity index (χ1n) is 10.3. The fourth-order valence-corrected chi connectivity index (χ4v) is 5.59. The minimum Gasteiger partial charge on any atom is -0.412 e. The highest BCUT2D eigenvalue weighted by molar-refractivity contribution is 7.89. The van der Waals surface area contributed by atoms with Gasteiger partial charge in [-0.15, -0.1) is 10.2 Å². The van der Waals surface area contributed by atoms with E-state index in [4.69, 9.17) is 4.42 Å². The van der Waals surface area contributed by atoms with Crippen molar-refractivity contribution < 1.29 is 17.6 Å². The Hall–Kier alpha value is -3.04. The number of aromatic nitrogens is 2. The van der Waals surface area contributed by atoms with Gasteiger partial charge in [-0.1, -0.05) is 24.3 Å². The summed E-state index contributed by atoms with van der Waals surface area (Å²) in [7, 11) is -3.48. The van der Waals surface area contributed by atoms with Crippen LogP contribution in [0.25, 0.3) is 11.5 Å². The van der Waals surface area contributed by atoms with Crippen molar-refractivity contribution in [3.05, 3.63) is 65.5 Å². The molecule has 3 aromatic rings. The quantitative estimate of drug-likeness (QED) is 0.621. The third-order valence-corrected chi connectivity index (χ3v) is 7.74. The van der Waals surface area contributed by atoms with Crippen LogP contribution in [0.3, 0.4) is 0 Å². The second-order valence-electron chi connectivity index (χ2n) is 7.79. The third kappa shape index (κ3) is 3.75. The number of sulfonamides is 1. The molecule has 2 aromatic carbocycles. The zero-order chi connectivity index (χ0) is 21.4. The summed E-state index contributed by atoms with van der Waals surface area (Å²) < 4.78 is 32.5. The molecule has 0 aliphatic carbocycles. The summed E-state index contributed by atoms with van der Waals surface area (Å²) in [5, 5.41) is 7.92. The Morgan fingerprint density at radius 2 is 1.61 bits per heavy atom. The number of fused-ring (bicyclic) bond motifs is 1. The van der Waals surface area contributed by atoms with Gasteiger partial charge >= 0.3 is 11.8 Å². The lowest BCUT2D eigenvalue weighted by atomic mass is 10.00. The van der Waals surface area contributed by atoms with Crippen LogP contribution in [-0.2, 0) is 23.0 Å². The zero-order valence-electron chi connectivity index (χ0n) is 16.9. The summed E-state index contributed by atoms with van der Waals surface area (Å²) in [5.74, 6) is -0.185. The topological polar surface area (TPSA) is 96.6 Å². The summed E-state index contributed by atoms with van der Waals surface area (Å²) in [6.45, 7) is 2.22. The minimum atomic E-state index is -3.48. The van der Waals surface area contributed by atoms with Crippen LogP contribution in [0.5, 0.6) is 0 Å². The van der Waals surface area contributed by atoms with E-state index in [1.807, 2.05) is 18.2 Å². The third-order valence-electron chi connectivity index (χ3n) is 5.83. The average Bonchev–Trinajstić information content (AvgIpc) is 3.51. The Kier molecular flexibility index (Phi) is 5.07. The lowest BCUT2D eigenvalue weighted by Crippen LogP contribution is -2.36. The van der Waals surface area contributed by atoms with Gasteiger partial charge in [0.2, 0.25) is 15.9 Å². The Bertz CT molecular complexity index is 1210. The van der Waals surface area contributed by atoms with Crippen molar-refractivity contribution in [2.75, 3.05) is 19.6 Å². The maximum absolute atomic E-state index is 12.8. The molecule has 2 aliphatic heterocycles. The molecule has 31 heavy (non-hydrogen) atoms. The molecule has 2 aliphatic rings. The average molecular weight is 439 g/mol. The van der Waals surface area contributed by atoms with E-state index in [1.165, 1.54) is 22.0 Å². The van der Waals surface area contributed by atoms with E-state index in [0.717, 1.165) is 24.8 Å². The Balaban J connectivity index is 1.32. The van der Waals surface area contributed by atoms with Gasteiger partial charge in [0.05, 0.1) is 4.90 Å². The molecule has 1 amide bonds. The summed E-state index contributed by atoms with van der Waals surface area (Å²) in [6, 6.07) is 14.4. The van der Waals surface area contributed by atoms with Crippen molar-refractivity contribution in [2.24, 2.45) is 0 Å². The second kappa shape index (κ2) is 7.90. The van der Waals surface area contributed by atoms with Gasteiger partial charge in [-0.05, 0) is 54.7 Å². The number of amides is 1. The molecule has 0 radical (unpaired) electrons. The standard InChI is InChI=1S/C22H22N4O4S/c27-22(25-14-11-16-5-1-2-6-18(16)15-25)21-24-23-20(30-21)17-7-9-19(10-8-17)31(28,29)26-12-3-4-13-26/h1-2,5-10H,3-4,11-15H2. The largest absolute Gasteiger partial charge is 0.412 e. The molecule has 5 rings (SSSR count). The number of carbonyl (C=O) groups is 1. The number of nitrogens with zero attached hydrogens (tertiary/aromatic N) is 4. The molecule has 3 heterocycles. The predicted molar refractivity (Wildman–Crippen MR) is 113 cm³/mol. The first-order chi connectivity index (χ1) is 15.0. The summed E-state index contributed by atoms with van der Waals surface area (Å²) in [6.07, 6.45) is 2.56. The van der Waals surface area contributed by atoms with E-state index in [1.54, 1.807) is 17.0 Å². The van der Waals surface area contributed by atoms with Crippen molar-refractivity contribution in [3.8, 4) is 11.5 Å². The van der Waals surface area contributed by atoms with E-state index >= 15 is 0 Å². The Labute approximate surface area is 180 Å². The first kappa shape index (κ1) is 19.9. The molecule has 0 N–H and O–H groups in total. The van der Waals surface area contributed by atoms with Crippen LogP contribution in [0.4, 0.5) is 0 Å². The van der Waals surface area contributed by atoms with E-state index < -0.39 is 10.0 Å². The van der Waals surface area contributed by atoms with Gasteiger partial charge in [-0.2, -0.15) is 4.31 Å². The van der Waals surface area contributed by atoms with Gasteiger partial charge in [0.25, 0.3) is 0 Å². The van der Waals surface area contributed by atoms with Gasteiger partial charge in [0.1, 0.15) is 0 Å². The summed E-state index contributed by atoms with van der Waals surface area (Å²) in [4.78, 5) is 14.8. The maximum Gasteiger partial charge on any atom is 0.311 e. The van der Waals surface area contributed by atoms with Crippen molar-refractivity contribution in [2.45, 2.75) is 30.7 Å². The molecule has 0 atom stereocenters. The second-order valence-corrected chi connectivity index (χ2v) is 9.73. The molecular formula is C22H22N4O4S. The van der Waals surface area contributed by atoms with Crippen LogP contribution in [0.15, 0.2) is 57.8 Å². The Morgan fingerprint density at radius 3 is 2.35 bits per heavy atom. The number of carbonyl (C=O) groups excluding carboxylic acids is 1. The molecular weight excluding hydrogens is 416 g/mol. The number of benzene rings is 2. The van der Waals surface area contributed by atoms with Crippen LogP contribution in [-0.4, -0.2) is 53.4 Å². The number of hydrogen-bond acceptors (Lipinski definition) is 6. The summed E-state index contributed by atoms with van der Waals surface area (Å²) >= 11 is 0. The number of hydrogen-bond donors (Lipinski definition) is 0. The van der Waals surface area contributed by atoms with E-state index in [-0.39, 0.29) is 22.6 Å². The predicted octanol–water partition coefficient (Wildman–Crippen LogP) is 2.72. The van der Waals surface area contributed by atoms with Crippen molar-refractivity contribution >= 4 is 15.9 Å². The number of rotatable bonds is 4. The normalized spacial score (nSPS) is 17.0. The van der Waals surface area contributed by atoms with Crippen LogP contribution in [0, 0.1) is 0 Å². The van der Waals surface area contributed by atoms with Gasteiger partial charge in [0, 0.05) is 31.7 Å².